The highest BCUT2D eigenvalue weighted by atomic mass is 16.6. The summed E-state index contributed by atoms with van der Waals surface area (Å²) in [6.45, 7) is 3.55. The SMILES string of the molecule is Cc1cnc(Oc2ccc(N)cc2C)c([N+](=O)[O-])c1. The minimum Gasteiger partial charge on any atom is -0.433 e. The number of hydrogen-bond acceptors (Lipinski definition) is 5. The van der Waals surface area contributed by atoms with Crippen molar-refractivity contribution in [2.24, 2.45) is 0 Å². The predicted molar refractivity (Wildman–Crippen MR) is 71.3 cm³/mol. The molecule has 0 aliphatic carbocycles. The number of nitrogens with two attached hydrogens (primary N) is 1. The summed E-state index contributed by atoms with van der Waals surface area (Å²) >= 11 is 0. The zero-order valence-electron chi connectivity index (χ0n) is 10.6. The molecule has 0 amide bonds. The number of pyridine rings is 1. The van der Waals surface area contributed by atoms with E-state index in [4.69, 9.17) is 10.5 Å². The first-order chi connectivity index (χ1) is 8.97. The second-order valence-corrected chi connectivity index (χ2v) is 4.22. The number of nitro groups is 1. The number of nitrogens with zero attached hydrogens (tertiary/aromatic N) is 2. The van der Waals surface area contributed by atoms with Crippen LogP contribution in [0.5, 0.6) is 11.6 Å². The van der Waals surface area contributed by atoms with Gasteiger partial charge in [0.25, 0.3) is 5.88 Å². The Morgan fingerprint density at radius 1 is 1.32 bits per heavy atom. The molecule has 0 spiro atoms. The van der Waals surface area contributed by atoms with Crippen LogP contribution in [-0.4, -0.2) is 9.91 Å². The van der Waals surface area contributed by atoms with Crippen LogP contribution < -0.4 is 10.5 Å². The van der Waals surface area contributed by atoms with E-state index in [-0.39, 0.29) is 11.6 Å². The van der Waals surface area contributed by atoms with Crippen molar-refractivity contribution in [3.05, 3.63) is 51.7 Å². The molecule has 1 aromatic heterocycles. The smallest absolute Gasteiger partial charge is 0.331 e. The number of aromatic nitrogens is 1. The summed E-state index contributed by atoms with van der Waals surface area (Å²) in [5.74, 6) is 0.470. The van der Waals surface area contributed by atoms with Gasteiger partial charge in [0.2, 0.25) is 0 Å². The highest BCUT2D eigenvalue weighted by Crippen LogP contribution is 2.31. The summed E-state index contributed by atoms with van der Waals surface area (Å²) in [6, 6.07) is 6.49. The van der Waals surface area contributed by atoms with E-state index in [2.05, 4.69) is 4.98 Å². The van der Waals surface area contributed by atoms with Crippen molar-refractivity contribution in [2.45, 2.75) is 13.8 Å². The van der Waals surface area contributed by atoms with Crippen molar-refractivity contribution in [3.63, 3.8) is 0 Å². The summed E-state index contributed by atoms with van der Waals surface area (Å²) < 4.78 is 5.50. The van der Waals surface area contributed by atoms with E-state index in [0.29, 0.717) is 17.0 Å². The lowest BCUT2D eigenvalue weighted by molar-refractivity contribution is -0.386. The van der Waals surface area contributed by atoms with Gasteiger partial charge in [0.1, 0.15) is 5.75 Å². The molecule has 2 N–H and O–H groups in total. The molecule has 0 saturated heterocycles. The number of benzene rings is 1. The molecule has 0 bridgehead atoms. The maximum Gasteiger partial charge on any atom is 0.331 e. The van der Waals surface area contributed by atoms with Gasteiger partial charge in [-0.3, -0.25) is 10.1 Å². The molecule has 6 heteroatoms. The predicted octanol–water partition coefficient (Wildman–Crippen LogP) is 2.98. The van der Waals surface area contributed by atoms with Crippen LogP contribution in [0, 0.1) is 24.0 Å². The Hall–Kier alpha value is -2.63. The van der Waals surface area contributed by atoms with Gasteiger partial charge in [0.15, 0.2) is 0 Å². The van der Waals surface area contributed by atoms with Crippen molar-refractivity contribution >= 4 is 11.4 Å². The van der Waals surface area contributed by atoms with Gasteiger partial charge in [-0.15, -0.1) is 0 Å². The van der Waals surface area contributed by atoms with E-state index in [0.717, 1.165) is 5.56 Å². The third-order valence-electron chi connectivity index (χ3n) is 2.57. The topological polar surface area (TPSA) is 91.3 Å². The first-order valence-electron chi connectivity index (χ1n) is 5.62. The first kappa shape index (κ1) is 12.8. The highest BCUT2D eigenvalue weighted by molar-refractivity contribution is 5.50. The summed E-state index contributed by atoms with van der Waals surface area (Å²) in [7, 11) is 0. The van der Waals surface area contributed by atoms with Gasteiger partial charge >= 0.3 is 5.69 Å². The molecule has 0 unspecified atom stereocenters. The number of hydrogen-bond donors (Lipinski definition) is 1. The van der Waals surface area contributed by atoms with Crippen molar-refractivity contribution in [2.75, 3.05) is 5.73 Å². The maximum atomic E-state index is 11.0. The van der Waals surface area contributed by atoms with E-state index in [1.54, 1.807) is 25.1 Å². The summed E-state index contributed by atoms with van der Waals surface area (Å²) in [5, 5.41) is 11.0. The fraction of sp³-hybridized carbons (Fsp3) is 0.154. The Kier molecular flexibility index (Phi) is 3.33. The average Bonchev–Trinajstić information content (AvgIpc) is 2.34. The Bertz CT molecular complexity index is 641. The largest absolute Gasteiger partial charge is 0.433 e. The molecule has 2 rings (SSSR count). The van der Waals surface area contributed by atoms with Crippen LogP contribution in [0.2, 0.25) is 0 Å². The van der Waals surface area contributed by atoms with Crippen LogP contribution in [0.4, 0.5) is 11.4 Å². The molecule has 2 aromatic rings. The van der Waals surface area contributed by atoms with Crippen molar-refractivity contribution in [1.82, 2.24) is 4.98 Å². The van der Waals surface area contributed by atoms with Gasteiger partial charge < -0.3 is 10.5 Å². The van der Waals surface area contributed by atoms with Crippen molar-refractivity contribution in [1.29, 1.82) is 0 Å². The lowest BCUT2D eigenvalue weighted by Crippen LogP contribution is -1.98. The molecule has 1 heterocycles. The lowest BCUT2D eigenvalue weighted by atomic mass is 10.2. The quantitative estimate of drug-likeness (QED) is 0.519. The highest BCUT2D eigenvalue weighted by Gasteiger charge is 2.18. The first-order valence-corrected chi connectivity index (χ1v) is 5.62. The fourth-order valence-electron chi connectivity index (χ4n) is 1.64. The Balaban J connectivity index is 2.40. The van der Waals surface area contributed by atoms with Gasteiger partial charge in [0.05, 0.1) is 4.92 Å². The number of anilines is 1. The Morgan fingerprint density at radius 2 is 2.05 bits per heavy atom. The zero-order valence-corrected chi connectivity index (χ0v) is 10.6. The van der Waals surface area contributed by atoms with E-state index in [1.807, 2.05) is 6.92 Å². The molecular weight excluding hydrogens is 246 g/mol. The number of nitrogen functional groups attached to an aromatic ring is 1. The van der Waals surface area contributed by atoms with E-state index >= 15 is 0 Å². The second-order valence-electron chi connectivity index (χ2n) is 4.22. The van der Waals surface area contributed by atoms with E-state index in [9.17, 15) is 10.1 Å². The third kappa shape index (κ3) is 2.79. The molecule has 0 saturated carbocycles. The molecule has 1 aromatic carbocycles. The minimum absolute atomic E-state index is 0.0246. The van der Waals surface area contributed by atoms with Crippen LogP contribution in [0.3, 0.4) is 0 Å². The maximum absolute atomic E-state index is 11.0. The number of ether oxygens (including phenoxy) is 1. The molecule has 6 nitrogen and oxygen atoms in total. The monoisotopic (exact) mass is 259 g/mol. The molecule has 0 aliphatic heterocycles. The van der Waals surface area contributed by atoms with Crippen molar-refractivity contribution < 1.29 is 9.66 Å². The molecular formula is C13H13N3O3. The molecule has 0 radical (unpaired) electrons. The second kappa shape index (κ2) is 4.93. The summed E-state index contributed by atoms with van der Waals surface area (Å²) in [5.41, 5.74) is 7.58. The van der Waals surface area contributed by atoms with Crippen LogP contribution in [0.15, 0.2) is 30.5 Å². The van der Waals surface area contributed by atoms with Crippen LogP contribution in [0.1, 0.15) is 11.1 Å². The zero-order chi connectivity index (χ0) is 14.0. The van der Waals surface area contributed by atoms with Crippen LogP contribution in [-0.2, 0) is 0 Å². The van der Waals surface area contributed by atoms with Crippen LogP contribution >= 0.6 is 0 Å². The standard InChI is InChI=1S/C13H13N3O3/c1-8-5-11(16(17)18)13(15-7-8)19-12-4-3-10(14)6-9(12)2/h3-7H,14H2,1-2H3. The Labute approximate surface area is 110 Å². The molecule has 19 heavy (non-hydrogen) atoms. The third-order valence-corrected chi connectivity index (χ3v) is 2.57. The van der Waals surface area contributed by atoms with E-state index in [1.165, 1.54) is 12.3 Å². The molecule has 0 fully saturated rings. The van der Waals surface area contributed by atoms with Crippen LogP contribution in [0.25, 0.3) is 0 Å². The van der Waals surface area contributed by atoms with Gasteiger partial charge in [-0.25, -0.2) is 4.98 Å². The molecule has 0 atom stereocenters. The van der Waals surface area contributed by atoms with Gasteiger partial charge in [-0.1, -0.05) is 0 Å². The molecule has 98 valence electrons. The minimum atomic E-state index is -0.512. The summed E-state index contributed by atoms with van der Waals surface area (Å²) in [4.78, 5) is 14.4. The normalized spacial score (nSPS) is 10.2. The van der Waals surface area contributed by atoms with Crippen molar-refractivity contribution in [3.8, 4) is 11.6 Å². The average molecular weight is 259 g/mol. The Morgan fingerprint density at radius 3 is 2.68 bits per heavy atom. The number of aryl methyl sites for hydroxylation is 2. The lowest BCUT2D eigenvalue weighted by Gasteiger charge is -2.08. The fourth-order valence-corrected chi connectivity index (χ4v) is 1.64. The summed E-state index contributed by atoms with van der Waals surface area (Å²) in [6.07, 6.45) is 1.52. The van der Waals surface area contributed by atoms with Gasteiger partial charge in [-0.05, 0) is 43.2 Å². The van der Waals surface area contributed by atoms with E-state index < -0.39 is 4.92 Å². The molecule has 0 aliphatic rings. The number of rotatable bonds is 3. The van der Waals surface area contributed by atoms with Gasteiger partial charge in [0, 0.05) is 18.0 Å². The van der Waals surface area contributed by atoms with Gasteiger partial charge in [-0.2, -0.15) is 0 Å².